The van der Waals surface area contributed by atoms with Gasteiger partial charge in [0.25, 0.3) is 0 Å². The summed E-state index contributed by atoms with van der Waals surface area (Å²) in [5.74, 6) is -1.91. The minimum Gasteiger partial charge on any atom is -0.206 e. The van der Waals surface area contributed by atoms with Crippen molar-refractivity contribution < 1.29 is 26.3 Å². The molecule has 2 aromatic carbocycles. The molecule has 2 aromatic rings. The number of rotatable bonds is 6. The molecule has 0 radical (unpaired) electrons. The molecular formula is C25H28F6. The van der Waals surface area contributed by atoms with Gasteiger partial charge in [0.1, 0.15) is 17.5 Å². The lowest BCUT2D eigenvalue weighted by molar-refractivity contribution is -0.139. The lowest BCUT2D eigenvalue weighted by Crippen LogP contribution is -2.14. The second-order valence-electron chi connectivity index (χ2n) is 9.09. The second kappa shape index (κ2) is 9.66. The topological polar surface area (TPSA) is 0 Å². The number of alkyl halides is 3. The molecule has 0 heterocycles. The van der Waals surface area contributed by atoms with Crippen molar-refractivity contribution in [2.45, 2.75) is 70.9 Å². The summed E-state index contributed by atoms with van der Waals surface area (Å²) in [4.78, 5) is 0. The largest absolute Gasteiger partial charge is 0.419 e. The molecule has 0 unspecified atom stereocenters. The van der Waals surface area contributed by atoms with Crippen LogP contribution in [-0.2, 0) is 6.18 Å². The zero-order chi connectivity index (χ0) is 22.8. The molecule has 0 bridgehead atoms. The zero-order valence-electron chi connectivity index (χ0n) is 17.8. The first kappa shape index (κ1) is 23.7. The predicted octanol–water partition coefficient (Wildman–Crippen LogP) is 8.89. The average molecular weight is 442 g/mol. The first-order chi connectivity index (χ1) is 14.6. The van der Waals surface area contributed by atoms with E-state index in [0.717, 1.165) is 31.7 Å². The van der Waals surface area contributed by atoms with E-state index < -0.39 is 34.8 Å². The highest BCUT2D eigenvalue weighted by atomic mass is 19.4. The van der Waals surface area contributed by atoms with Crippen LogP contribution >= 0.6 is 0 Å². The van der Waals surface area contributed by atoms with E-state index in [4.69, 9.17) is 0 Å². The Morgan fingerprint density at radius 3 is 2.00 bits per heavy atom. The van der Waals surface area contributed by atoms with Gasteiger partial charge in [0, 0.05) is 0 Å². The van der Waals surface area contributed by atoms with Crippen molar-refractivity contribution in [1.29, 1.82) is 0 Å². The number of halogens is 6. The monoisotopic (exact) mass is 442 g/mol. The molecule has 170 valence electrons. The van der Waals surface area contributed by atoms with Crippen molar-refractivity contribution in [3.63, 3.8) is 0 Å². The Morgan fingerprint density at radius 2 is 1.48 bits per heavy atom. The molecule has 0 N–H and O–H groups in total. The van der Waals surface area contributed by atoms with Gasteiger partial charge in [-0.05, 0) is 78.8 Å². The third kappa shape index (κ3) is 5.83. The quantitative estimate of drug-likeness (QED) is 0.392. The van der Waals surface area contributed by atoms with Gasteiger partial charge in [-0.3, -0.25) is 0 Å². The van der Waals surface area contributed by atoms with Crippen LogP contribution in [0.1, 0.15) is 75.8 Å². The molecule has 0 aromatic heterocycles. The van der Waals surface area contributed by atoms with Gasteiger partial charge in [-0.1, -0.05) is 39.2 Å². The molecule has 0 atom stereocenters. The second-order valence-corrected chi connectivity index (χ2v) is 9.09. The smallest absolute Gasteiger partial charge is 0.206 e. The van der Waals surface area contributed by atoms with Gasteiger partial charge < -0.3 is 0 Å². The molecule has 0 saturated heterocycles. The van der Waals surface area contributed by atoms with E-state index in [2.05, 4.69) is 13.8 Å². The number of benzene rings is 2. The van der Waals surface area contributed by atoms with Crippen LogP contribution in [-0.4, -0.2) is 0 Å². The van der Waals surface area contributed by atoms with Crippen LogP contribution in [0.15, 0.2) is 30.3 Å². The summed E-state index contributed by atoms with van der Waals surface area (Å²) in [5.41, 5.74) is -1.65. The Balaban J connectivity index is 1.72. The zero-order valence-corrected chi connectivity index (χ0v) is 17.8. The van der Waals surface area contributed by atoms with Gasteiger partial charge in [0.15, 0.2) is 0 Å². The summed E-state index contributed by atoms with van der Waals surface area (Å²) < 4.78 is 81.6. The molecule has 0 nitrogen and oxygen atoms in total. The van der Waals surface area contributed by atoms with Gasteiger partial charge in [-0.2, -0.15) is 13.2 Å². The molecule has 31 heavy (non-hydrogen) atoms. The Hall–Kier alpha value is -1.98. The molecule has 0 spiro atoms. The highest BCUT2D eigenvalue weighted by molar-refractivity contribution is 5.66. The Morgan fingerprint density at radius 1 is 0.871 bits per heavy atom. The summed E-state index contributed by atoms with van der Waals surface area (Å²) in [6.07, 6.45) is 2.51. The molecule has 6 heteroatoms. The molecule has 1 aliphatic rings. The van der Waals surface area contributed by atoms with E-state index in [0.29, 0.717) is 29.5 Å². The van der Waals surface area contributed by atoms with E-state index in [1.807, 2.05) is 0 Å². The average Bonchev–Trinajstić information content (AvgIpc) is 2.66. The maximum Gasteiger partial charge on any atom is 0.419 e. The van der Waals surface area contributed by atoms with Crippen LogP contribution in [0.5, 0.6) is 0 Å². The minimum atomic E-state index is -4.86. The highest BCUT2D eigenvalue weighted by Crippen LogP contribution is 2.40. The molecule has 0 aliphatic heterocycles. The maximum atomic E-state index is 14.8. The normalized spacial score (nSPS) is 19.8. The summed E-state index contributed by atoms with van der Waals surface area (Å²) in [6.45, 7) is 4.42. The van der Waals surface area contributed by atoms with Crippen LogP contribution in [0.2, 0.25) is 0 Å². The number of hydrogen-bond donors (Lipinski definition) is 0. The van der Waals surface area contributed by atoms with Crippen LogP contribution in [0, 0.1) is 29.3 Å². The maximum absolute atomic E-state index is 14.8. The van der Waals surface area contributed by atoms with Crippen LogP contribution in [0.3, 0.4) is 0 Å². The SMILES string of the molecule is CC(C)CCCC1CCC(c2cc(F)c(-c3ccc(C(F)(F)F)c(F)c3)c(F)c2)CC1. The van der Waals surface area contributed by atoms with E-state index in [1.165, 1.54) is 31.4 Å². The lowest BCUT2D eigenvalue weighted by atomic mass is 9.76. The first-order valence-electron chi connectivity index (χ1n) is 10.9. The fourth-order valence-electron chi connectivity index (χ4n) is 4.60. The fraction of sp³-hybridized carbons (Fsp3) is 0.520. The standard InChI is InChI=1S/C25H28F6/c1-15(2)4-3-5-16-6-8-17(9-7-16)19-13-22(27)24(23(28)14-19)18-10-11-20(21(26)12-18)25(29,30)31/h10-17H,3-9H2,1-2H3. The lowest BCUT2D eigenvalue weighted by Gasteiger charge is -2.29. The van der Waals surface area contributed by atoms with Crippen LogP contribution < -0.4 is 0 Å². The Kier molecular flexibility index (Phi) is 7.38. The van der Waals surface area contributed by atoms with E-state index in [9.17, 15) is 26.3 Å². The molecular weight excluding hydrogens is 414 g/mol. The fourth-order valence-corrected chi connectivity index (χ4v) is 4.60. The van der Waals surface area contributed by atoms with Crippen molar-refractivity contribution in [2.75, 3.05) is 0 Å². The third-order valence-corrected chi connectivity index (χ3v) is 6.34. The molecule has 3 rings (SSSR count). The summed E-state index contributed by atoms with van der Waals surface area (Å²) in [6, 6.07) is 4.44. The van der Waals surface area contributed by atoms with Gasteiger partial charge in [-0.25, -0.2) is 13.2 Å². The van der Waals surface area contributed by atoms with Gasteiger partial charge >= 0.3 is 6.18 Å². The van der Waals surface area contributed by atoms with E-state index >= 15 is 0 Å². The van der Waals surface area contributed by atoms with Crippen molar-refractivity contribution in [2.24, 2.45) is 11.8 Å². The highest BCUT2D eigenvalue weighted by Gasteiger charge is 2.34. The molecule has 1 fully saturated rings. The van der Waals surface area contributed by atoms with Gasteiger partial charge in [0.05, 0.1) is 11.1 Å². The Labute approximate surface area is 179 Å². The van der Waals surface area contributed by atoms with Crippen molar-refractivity contribution >= 4 is 0 Å². The van der Waals surface area contributed by atoms with Crippen LogP contribution in [0.25, 0.3) is 11.1 Å². The third-order valence-electron chi connectivity index (χ3n) is 6.34. The van der Waals surface area contributed by atoms with E-state index in [-0.39, 0.29) is 11.5 Å². The molecule has 1 saturated carbocycles. The molecule has 1 aliphatic carbocycles. The minimum absolute atomic E-state index is 0.0590. The summed E-state index contributed by atoms with van der Waals surface area (Å²) >= 11 is 0. The van der Waals surface area contributed by atoms with Crippen molar-refractivity contribution in [3.8, 4) is 11.1 Å². The van der Waals surface area contributed by atoms with Gasteiger partial charge in [-0.15, -0.1) is 0 Å². The first-order valence-corrected chi connectivity index (χ1v) is 10.9. The predicted molar refractivity (Wildman–Crippen MR) is 110 cm³/mol. The molecule has 0 amide bonds. The Bertz CT molecular complexity index is 868. The van der Waals surface area contributed by atoms with Gasteiger partial charge in [0.2, 0.25) is 0 Å². The van der Waals surface area contributed by atoms with Crippen LogP contribution in [0.4, 0.5) is 26.3 Å². The summed E-state index contributed by atoms with van der Waals surface area (Å²) in [5, 5.41) is 0. The van der Waals surface area contributed by atoms with E-state index in [1.54, 1.807) is 0 Å². The number of hydrogen-bond acceptors (Lipinski definition) is 0. The van der Waals surface area contributed by atoms with Crippen molar-refractivity contribution in [3.05, 3.63) is 58.9 Å². The van der Waals surface area contributed by atoms with Crippen molar-refractivity contribution in [1.82, 2.24) is 0 Å². The summed E-state index contributed by atoms with van der Waals surface area (Å²) in [7, 11) is 0.